The Morgan fingerprint density at radius 2 is 1.76 bits per heavy atom. The molecule has 0 saturated carbocycles. The third-order valence-electron chi connectivity index (χ3n) is 4.69. The number of pyridine rings is 1. The van der Waals surface area contributed by atoms with Crippen molar-refractivity contribution in [1.82, 2.24) is 15.2 Å². The van der Waals surface area contributed by atoms with E-state index < -0.39 is 0 Å². The van der Waals surface area contributed by atoms with E-state index in [0.29, 0.717) is 5.69 Å². The first-order valence-corrected chi connectivity index (χ1v) is 9.52. The van der Waals surface area contributed by atoms with Gasteiger partial charge in [0.15, 0.2) is 11.5 Å². The highest BCUT2D eigenvalue weighted by Crippen LogP contribution is 2.21. The zero-order chi connectivity index (χ0) is 20.1. The zero-order valence-corrected chi connectivity index (χ0v) is 16.1. The number of carbonyl (C=O) groups is 1. The zero-order valence-electron chi connectivity index (χ0n) is 16.1. The average Bonchev–Trinajstić information content (AvgIpc) is 2.78. The van der Waals surface area contributed by atoms with Gasteiger partial charge in [0.05, 0.1) is 11.2 Å². The Bertz CT molecular complexity index is 1110. The molecule has 0 aliphatic carbocycles. The SMILES string of the molecule is CCN(Cc1ccccc1)c1ccc(C(=O)Nc2cccc3cccnc23)nn1. The number of anilines is 2. The summed E-state index contributed by atoms with van der Waals surface area (Å²) >= 11 is 0. The normalized spacial score (nSPS) is 10.7. The largest absolute Gasteiger partial charge is 0.351 e. The maximum absolute atomic E-state index is 12.6. The van der Waals surface area contributed by atoms with E-state index in [4.69, 9.17) is 0 Å². The molecule has 0 fully saturated rings. The van der Waals surface area contributed by atoms with Crippen molar-refractivity contribution in [3.63, 3.8) is 0 Å². The van der Waals surface area contributed by atoms with Gasteiger partial charge in [0, 0.05) is 24.7 Å². The van der Waals surface area contributed by atoms with Crippen LogP contribution in [0, 0.1) is 0 Å². The van der Waals surface area contributed by atoms with Crippen LogP contribution < -0.4 is 10.2 Å². The van der Waals surface area contributed by atoms with Gasteiger partial charge in [-0.25, -0.2) is 0 Å². The van der Waals surface area contributed by atoms with Crippen LogP contribution in [0.25, 0.3) is 10.9 Å². The maximum Gasteiger partial charge on any atom is 0.276 e. The van der Waals surface area contributed by atoms with Crippen LogP contribution in [0.2, 0.25) is 0 Å². The standard InChI is InChI=1S/C23H21N5O/c1-2-28(16-17-8-4-3-5-9-17)21-14-13-20(26-27-21)23(29)25-19-12-6-10-18-11-7-15-24-22(18)19/h3-15H,2,16H2,1H3,(H,25,29). The molecule has 0 saturated heterocycles. The Morgan fingerprint density at radius 1 is 0.931 bits per heavy atom. The molecule has 144 valence electrons. The van der Waals surface area contributed by atoms with Crippen LogP contribution in [0.5, 0.6) is 0 Å². The third kappa shape index (κ3) is 4.21. The Morgan fingerprint density at radius 3 is 2.52 bits per heavy atom. The molecule has 2 aromatic carbocycles. The summed E-state index contributed by atoms with van der Waals surface area (Å²) in [5, 5.41) is 12.3. The summed E-state index contributed by atoms with van der Waals surface area (Å²) in [6.45, 7) is 3.59. The number of amides is 1. The highest BCUT2D eigenvalue weighted by molar-refractivity contribution is 6.07. The lowest BCUT2D eigenvalue weighted by Crippen LogP contribution is -2.24. The van der Waals surface area contributed by atoms with Crippen molar-refractivity contribution < 1.29 is 4.79 Å². The van der Waals surface area contributed by atoms with Gasteiger partial charge in [0.2, 0.25) is 0 Å². The Hall–Kier alpha value is -3.80. The Labute approximate surface area is 169 Å². The van der Waals surface area contributed by atoms with Gasteiger partial charge >= 0.3 is 0 Å². The average molecular weight is 383 g/mol. The van der Waals surface area contributed by atoms with Gasteiger partial charge in [0.25, 0.3) is 5.91 Å². The minimum absolute atomic E-state index is 0.262. The maximum atomic E-state index is 12.6. The minimum atomic E-state index is -0.312. The second-order valence-electron chi connectivity index (χ2n) is 6.61. The molecule has 6 nitrogen and oxygen atoms in total. The number of aromatic nitrogens is 3. The van der Waals surface area contributed by atoms with Crippen molar-refractivity contribution in [2.24, 2.45) is 0 Å². The molecule has 0 atom stereocenters. The second kappa shape index (κ2) is 8.48. The summed E-state index contributed by atoms with van der Waals surface area (Å²) in [7, 11) is 0. The lowest BCUT2D eigenvalue weighted by Gasteiger charge is -2.21. The molecule has 0 radical (unpaired) electrons. The number of fused-ring (bicyclic) bond motifs is 1. The molecule has 0 unspecified atom stereocenters. The van der Waals surface area contributed by atoms with Gasteiger partial charge in [0.1, 0.15) is 0 Å². The highest BCUT2D eigenvalue weighted by atomic mass is 16.1. The molecule has 1 amide bonds. The van der Waals surface area contributed by atoms with E-state index in [-0.39, 0.29) is 11.6 Å². The van der Waals surface area contributed by atoms with Crippen molar-refractivity contribution in [2.75, 3.05) is 16.8 Å². The molecule has 4 rings (SSSR count). The summed E-state index contributed by atoms with van der Waals surface area (Å²) in [5.74, 6) is 0.424. The number of para-hydroxylation sites is 1. The number of carbonyl (C=O) groups excluding carboxylic acids is 1. The van der Waals surface area contributed by atoms with Crippen LogP contribution in [0.15, 0.2) is 79.0 Å². The number of nitrogens with zero attached hydrogens (tertiary/aromatic N) is 4. The van der Waals surface area contributed by atoms with Gasteiger partial charge in [-0.1, -0.05) is 48.5 Å². The van der Waals surface area contributed by atoms with Gasteiger partial charge in [-0.3, -0.25) is 9.78 Å². The van der Waals surface area contributed by atoms with Crippen LogP contribution >= 0.6 is 0 Å². The molecule has 0 bridgehead atoms. The molecular formula is C23H21N5O. The summed E-state index contributed by atoms with van der Waals surface area (Å²) in [4.78, 5) is 19.1. The summed E-state index contributed by atoms with van der Waals surface area (Å²) in [5.41, 5.74) is 2.85. The molecular weight excluding hydrogens is 362 g/mol. The fourth-order valence-corrected chi connectivity index (χ4v) is 3.17. The monoisotopic (exact) mass is 383 g/mol. The third-order valence-corrected chi connectivity index (χ3v) is 4.69. The van der Waals surface area contributed by atoms with Crippen LogP contribution in [-0.4, -0.2) is 27.6 Å². The number of benzene rings is 2. The topological polar surface area (TPSA) is 71.0 Å². The van der Waals surface area contributed by atoms with Crippen molar-refractivity contribution in [2.45, 2.75) is 13.5 Å². The number of hydrogen-bond acceptors (Lipinski definition) is 5. The van der Waals surface area contributed by atoms with Gasteiger partial charge < -0.3 is 10.2 Å². The molecule has 0 aliphatic heterocycles. The fraction of sp³-hybridized carbons (Fsp3) is 0.130. The van der Waals surface area contributed by atoms with Crippen molar-refractivity contribution in [3.05, 3.63) is 90.3 Å². The van der Waals surface area contributed by atoms with E-state index in [1.165, 1.54) is 5.56 Å². The Kier molecular flexibility index (Phi) is 5.42. The fourth-order valence-electron chi connectivity index (χ4n) is 3.17. The molecule has 4 aromatic rings. The molecule has 2 aromatic heterocycles. The second-order valence-corrected chi connectivity index (χ2v) is 6.61. The Balaban J connectivity index is 1.50. The summed E-state index contributed by atoms with van der Waals surface area (Å²) in [6, 6.07) is 23.2. The first-order valence-electron chi connectivity index (χ1n) is 9.52. The van der Waals surface area contributed by atoms with Crippen LogP contribution in [0.3, 0.4) is 0 Å². The van der Waals surface area contributed by atoms with Gasteiger partial charge in [-0.15, -0.1) is 10.2 Å². The van der Waals surface area contributed by atoms with E-state index >= 15 is 0 Å². The van der Waals surface area contributed by atoms with Crippen LogP contribution in [-0.2, 0) is 6.54 Å². The van der Waals surface area contributed by atoms with E-state index in [0.717, 1.165) is 29.8 Å². The predicted molar refractivity (Wildman–Crippen MR) is 115 cm³/mol. The lowest BCUT2D eigenvalue weighted by molar-refractivity contribution is 0.102. The number of hydrogen-bond donors (Lipinski definition) is 1. The van der Waals surface area contributed by atoms with Crippen LogP contribution in [0.4, 0.5) is 11.5 Å². The number of rotatable bonds is 6. The van der Waals surface area contributed by atoms with Crippen LogP contribution in [0.1, 0.15) is 23.0 Å². The van der Waals surface area contributed by atoms with Crippen molar-refractivity contribution in [3.8, 4) is 0 Å². The van der Waals surface area contributed by atoms with Gasteiger partial charge in [-0.05, 0) is 36.8 Å². The predicted octanol–water partition coefficient (Wildman–Crippen LogP) is 4.30. The highest BCUT2D eigenvalue weighted by Gasteiger charge is 2.13. The summed E-state index contributed by atoms with van der Waals surface area (Å²) < 4.78 is 0. The van der Waals surface area contributed by atoms with E-state index in [2.05, 4.69) is 44.5 Å². The molecule has 2 heterocycles. The molecule has 0 aliphatic rings. The number of nitrogens with one attached hydrogen (secondary N) is 1. The molecule has 6 heteroatoms. The van der Waals surface area contributed by atoms with E-state index in [9.17, 15) is 4.79 Å². The van der Waals surface area contributed by atoms with E-state index in [1.54, 1.807) is 12.3 Å². The lowest BCUT2D eigenvalue weighted by atomic mass is 10.2. The molecule has 29 heavy (non-hydrogen) atoms. The van der Waals surface area contributed by atoms with Crippen molar-refractivity contribution in [1.29, 1.82) is 0 Å². The first kappa shape index (κ1) is 18.6. The summed E-state index contributed by atoms with van der Waals surface area (Å²) in [6.07, 6.45) is 1.71. The smallest absolute Gasteiger partial charge is 0.276 e. The van der Waals surface area contributed by atoms with Crippen molar-refractivity contribution >= 4 is 28.3 Å². The molecule has 1 N–H and O–H groups in total. The van der Waals surface area contributed by atoms with E-state index in [1.807, 2.05) is 54.6 Å². The molecule has 0 spiro atoms. The minimum Gasteiger partial charge on any atom is -0.351 e. The van der Waals surface area contributed by atoms with Gasteiger partial charge in [-0.2, -0.15) is 0 Å². The first-order chi connectivity index (χ1) is 14.2. The quantitative estimate of drug-likeness (QED) is 0.537.